The average Bonchev–Trinajstić information content (AvgIpc) is 2.88. The SMILES string of the molecule is CCCCCCC1CC=C(c2ccc(-c3ccc(C4=CCC(CCC)CC4)cc3)cc2)CC1. The Hall–Kier alpha value is -2.08. The second kappa shape index (κ2) is 12.4. The van der Waals surface area contributed by atoms with Gasteiger partial charge in [0, 0.05) is 0 Å². The topological polar surface area (TPSA) is 0 Å². The van der Waals surface area contributed by atoms with E-state index in [0.29, 0.717) is 0 Å². The summed E-state index contributed by atoms with van der Waals surface area (Å²) in [5.74, 6) is 1.83. The Kier molecular flexibility index (Phi) is 9.04. The van der Waals surface area contributed by atoms with E-state index in [0.717, 1.165) is 11.8 Å². The molecule has 33 heavy (non-hydrogen) atoms. The van der Waals surface area contributed by atoms with Crippen molar-refractivity contribution in [2.24, 2.45) is 11.8 Å². The number of benzene rings is 2. The van der Waals surface area contributed by atoms with E-state index in [-0.39, 0.29) is 0 Å². The molecule has 2 unspecified atom stereocenters. The molecule has 4 rings (SSSR count). The summed E-state index contributed by atoms with van der Waals surface area (Å²) in [4.78, 5) is 0. The van der Waals surface area contributed by atoms with Crippen molar-refractivity contribution < 1.29 is 0 Å². The predicted octanol–water partition coefficient (Wildman–Crippen LogP) is 10.5. The van der Waals surface area contributed by atoms with E-state index >= 15 is 0 Å². The van der Waals surface area contributed by atoms with Gasteiger partial charge in [0.1, 0.15) is 0 Å². The van der Waals surface area contributed by atoms with Crippen LogP contribution in [0.4, 0.5) is 0 Å². The van der Waals surface area contributed by atoms with E-state index in [1.54, 1.807) is 11.1 Å². The first-order valence-electron chi connectivity index (χ1n) is 13.9. The molecule has 0 nitrogen and oxygen atoms in total. The van der Waals surface area contributed by atoms with E-state index in [9.17, 15) is 0 Å². The van der Waals surface area contributed by atoms with Crippen LogP contribution in [0.15, 0.2) is 60.7 Å². The second-order valence-corrected chi connectivity index (χ2v) is 10.5. The minimum atomic E-state index is 0.910. The quantitative estimate of drug-likeness (QED) is 0.322. The Labute approximate surface area is 203 Å². The molecule has 0 heteroatoms. The molecule has 2 aliphatic carbocycles. The Morgan fingerprint density at radius 1 is 0.545 bits per heavy atom. The van der Waals surface area contributed by atoms with Crippen LogP contribution in [-0.2, 0) is 0 Å². The number of rotatable bonds is 10. The van der Waals surface area contributed by atoms with Crippen LogP contribution < -0.4 is 0 Å². The van der Waals surface area contributed by atoms with Gasteiger partial charge in [-0.1, -0.05) is 119 Å². The number of hydrogen-bond acceptors (Lipinski definition) is 0. The Morgan fingerprint density at radius 3 is 1.45 bits per heavy atom. The molecule has 2 atom stereocenters. The van der Waals surface area contributed by atoms with Gasteiger partial charge in [0.05, 0.1) is 0 Å². The lowest BCUT2D eigenvalue weighted by atomic mass is 9.83. The van der Waals surface area contributed by atoms with E-state index in [4.69, 9.17) is 0 Å². The highest BCUT2D eigenvalue weighted by Gasteiger charge is 2.16. The van der Waals surface area contributed by atoms with Crippen molar-refractivity contribution in [3.8, 4) is 11.1 Å². The molecule has 0 spiro atoms. The molecule has 0 heterocycles. The summed E-state index contributed by atoms with van der Waals surface area (Å²) in [6, 6.07) is 18.6. The summed E-state index contributed by atoms with van der Waals surface area (Å²) >= 11 is 0. The first-order valence-corrected chi connectivity index (χ1v) is 13.9. The van der Waals surface area contributed by atoms with Crippen molar-refractivity contribution in [1.82, 2.24) is 0 Å². The van der Waals surface area contributed by atoms with Crippen molar-refractivity contribution in [2.75, 3.05) is 0 Å². The minimum Gasteiger partial charge on any atom is -0.0804 e. The molecule has 0 aromatic heterocycles. The van der Waals surface area contributed by atoms with Gasteiger partial charge in [-0.05, 0) is 83.8 Å². The molecule has 2 aromatic carbocycles. The summed E-state index contributed by atoms with van der Waals surface area (Å²) in [6.45, 7) is 4.61. The van der Waals surface area contributed by atoms with Crippen LogP contribution in [0.1, 0.15) is 108 Å². The summed E-state index contributed by atoms with van der Waals surface area (Å²) in [6.07, 6.45) is 22.5. The molecular weight excluding hydrogens is 396 g/mol. The minimum absolute atomic E-state index is 0.910. The van der Waals surface area contributed by atoms with E-state index in [1.165, 1.54) is 106 Å². The monoisotopic (exact) mass is 440 g/mol. The van der Waals surface area contributed by atoms with Crippen LogP contribution in [0.3, 0.4) is 0 Å². The zero-order valence-electron chi connectivity index (χ0n) is 21.1. The second-order valence-electron chi connectivity index (χ2n) is 10.5. The van der Waals surface area contributed by atoms with Crippen LogP contribution >= 0.6 is 0 Å². The summed E-state index contributed by atoms with van der Waals surface area (Å²) in [5.41, 5.74) is 8.62. The Morgan fingerprint density at radius 2 is 1.03 bits per heavy atom. The maximum absolute atomic E-state index is 2.53. The zero-order valence-corrected chi connectivity index (χ0v) is 21.1. The largest absolute Gasteiger partial charge is 0.0804 e. The highest BCUT2D eigenvalue weighted by molar-refractivity contribution is 5.73. The van der Waals surface area contributed by atoms with E-state index in [1.807, 2.05) is 0 Å². The normalized spacial score (nSPS) is 20.9. The Bertz CT molecular complexity index is 910. The van der Waals surface area contributed by atoms with Gasteiger partial charge in [0.15, 0.2) is 0 Å². The molecule has 0 amide bonds. The molecule has 2 aromatic rings. The molecule has 0 aliphatic heterocycles. The fourth-order valence-corrected chi connectivity index (χ4v) is 5.85. The third-order valence-electron chi connectivity index (χ3n) is 8.05. The maximum atomic E-state index is 2.53. The van der Waals surface area contributed by atoms with Crippen molar-refractivity contribution in [3.63, 3.8) is 0 Å². The molecule has 0 saturated carbocycles. The molecule has 0 saturated heterocycles. The highest BCUT2D eigenvalue weighted by Crippen LogP contribution is 2.35. The van der Waals surface area contributed by atoms with Gasteiger partial charge in [0.25, 0.3) is 0 Å². The summed E-state index contributed by atoms with van der Waals surface area (Å²) in [5, 5.41) is 0. The van der Waals surface area contributed by atoms with Gasteiger partial charge >= 0.3 is 0 Å². The van der Waals surface area contributed by atoms with E-state index in [2.05, 4.69) is 74.5 Å². The highest BCUT2D eigenvalue weighted by atomic mass is 14.2. The van der Waals surface area contributed by atoms with E-state index < -0.39 is 0 Å². The first-order chi connectivity index (χ1) is 16.3. The van der Waals surface area contributed by atoms with Crippen molar-refractivity contribution in [3.05, 3.63) is 71.8 Å². The number of unbranched alkanes of at least 4 members (excludes halogenated alkanes) is 3. The van der Waals surface area contributed by atoms with Crippen molar-refractivity contribution in [2.45, 2.75) is 97.3 Å². The van der Waals surface area contributed by atoms with Gasteiger partial charge in [0.2, 0.25) is 0 Å². The third kappa shape index (κ3) is 6.72. The standard InChI is InChI=1S/C33H44/c1-3-5-6-7-9-27-12-16-29(17-13-27)31-20-24-33(25-21-31)32-22-18-30(19-23-32)28-14-10-26(8-4-2)11-15-28/h14,16,18-27H,3-13,15,17H2,1-2H3. The van der Waals surface area contributed by atoms with Crippen LogP contribution in [0.2, 0.25) is 0 Å². The lowest BCUT2D eigenvalue weighted by Gasteiger charge is -2.22. The van der Waals surface area contributed by atoms with Gasteiger partial charge in [-0.3, -0.25) is 0 Å². The summed E-state index contributed by atoms with van der Waals surface area (Å²) in [7, 11) is 0. The molecule has 0 fully saturated rings. The fraction of sp³-hybridized carbons (Fsp3) is 0.515. The van der Waals surface area contributed by atoms with Crippen LogP contribution in [0.25, 0.3) is 22.3 Å². The number of allylic oxidation sites excluding steroid dienone is 4. The average molecular weight is 441 g/mol. The summed E-state index contributed by atoms with van der Waals surface area (Å²) < 4.78 is 0. The van der Waals surface area contributed by atoms with Crippen molar-refractivity contribution >= 4 is 11.1 Å². The van der Waals surface area contributed by atoms with Gasteiger partial charge in [-0.2, -0.15) is 0 Å². The number of hydrogen-bond donors (Lipinski definition) is 0. The van der Waals surface area contributed by atoms with Gasteiger partial charge in [-0.15, -0.1) is 0 Å². The smallest absolute Gasteiger partial charge is 0.0184 e. The lowest BCUT2D eigenvalue weighted by Crippen LogP contribution is -2.05. The molecule has 0 N–H and O–H groups in total. The lowest BCUT2D eigenvalue weighted by molar-refractivity contribution is 0.425. The molecule has 0 radical (unpaired) electrons. The third-order valence-corrected chi connectivity index (χ3v) is 8.05. The van der Waals surface area contributed by atoms with Crippen LogP contribution in [0.5, 0.6) is 0 Å². The molecular formula is C33H44. The van der Waals surface area contributed by atoms with Gasteiger partial charge in [-0.25, -0.2) is 0 Å². The molecule has 0 bridgehead atoms. The molecule has 176 valence electrons. The maximum Gasteiger partial charge on any atom is -0.0184 e. The Balaban J connectivity index is 1.33. The fourth-order valence-electron chi connectivity index (χ4n) is 5.85. The molecule has 2 aliphatic rings. The van der Waals surface area contributed by atoms with Gasteiger partial charge < -0.3 is 0 Å². The predicted molar refractivity (Wildman–Crippen MR) is 146 cm³/mol. The van der Waals surface area contributed by atoms with Crippen LogP contribution in [0, 0.1) is 11.8 Å². The zero-order chi connectivity index (χ0) is 22.9. The first kappa shape index (κ1) is 24.1. The van der Waals surface area contributed by atoms with Crippen LogP contribution in [-0.4, -0.2) is 0 Å². The van der Waals surface area contributed by atoms with Crippen molar-refractivity contribution in [1.29, 1.82) is 0 Å².